The first-order valence-electron chi connectivity index (χ1n) is 4.49. The minimum atomic E-state index is -0.310. The van der Waals surface area contributed by atoms with Crippen molar-refractivity contribution in [1.29, 1.82) is 0 Å². The van der Waals surface area contributed by atoms with Crippen LogP contribution in [-0.2, 0) is 4.79 Å². The van der Waals surface area contributed by atoms with E-state index in [0.29, 0.717) is 5.69 Å². The van der Waals surface area contributed by atoms with E-state index < -0.39 is 0 Å². The van der Waals surface area contributed by atoms with E-state index in [0.717, 1.165) is 0 Å². The molecule has 1 N–H and O–H groups in total. The molecule has 0 fully saturated rings. The van der Waals surface area contributed by atoms with Crippen molar-refractivity contribution < 1.29 is 9.90 Å². The molecule has 0 aliphatic carbocycles. The number of ketones is 1. The lowest BCUT2D eigenvalue weighted by molar-refractivity contribution is -0.113. The molecule has 78 valence electrons. The summed E-state index contributed by atoms with van der Waals surface area (Å²) in [6.45, 7) is 2.74. The first-order valence-corrected chi connectivity index (χ1v) is 4.49. The molecule has 1 aromatic rings. The largest absolute Gasteiger partial charge is 0.510 e. The van der Waals surface area contributed by atoms with Crippen LogP contribution in [0.4, 0.5) is 5.69 Å². The molecule has 0 saturated carbocycles. The molecule has 1 rings (SSSR count). The first-order chi connectivity index (χ1) is 7.11. The molecule has 15 heavy (non-hydrogen) atoms. The van der Waals surface area contributed by atoms with Crippen LogP contribution in [0.15, 0.2) is 52.0 Å². The van der Waals surface area contributed by atoms with Crippen LogP contribution in [0.2, 0.25) is 0 Å². The summed E-state index contributed by atoms with van der Waals surface area (Å²) in [5.41, 5.74) is 0.622. The molecule has 0 saturated heterocycles. The van der Waals surface area contributed by atoms with Gasteiger partial charge in [0.2, 0.25) is 0 Å². The molecule has 0 spiro atoms. The number of rotatable bonds is 3. The highest BCUT2D eigenvalue weighted by Crippen LogP contribution is 2.13. The Kier molecular flexibility index (Phi) is 3.74. The van der Waals surface area contributed by atoms with E-state index >= 15 is 0 Å². The maximum absolute atomic E-state index is 11.0. The predicted octanol–water partition coefficient (Wildman–Crippen LogP) is 3.15. The highest BCUT2D eigenvalue weighted by Gasteiger charge is 2.06. The highest BCUT2D eigenvalue weighted by molar-refractivity contribution is 5.93. The molecule has 0 aliphatic rings. The van der Waals surface area contributed by atoms with Gasteiger partial charge >= 0.3 is 0 Å². The van der Waals surface area contributed by atoms with Crippen molar-refractivity contribution in [2.75, 3.05) is 0 Å². The van der Waals surface area contributed by atoms with E-state index in [1.807, 2.05) is 18.2 Å². The summed E-state index contributed by atoms with van der Waals surface area (Å²) in [4.78, 5) is 11.0. The Morgan fingerprint density at radius 3 is 2.27 bits per heavy atom. The summed E-state index contributed by atoms with van der Waals surface area (Å²) in [5.74, 6) is -0.433. The number of Topliss-reactive ketones (excluding diaryl/α,β-unsaturated/α-hetero) is 1. The van der Waals surface area contributed by atoms with Gasteiger partial charge in [-0.05, 0) is 19.1 Å². The summed E-state index contributed by atoms with van der Waals surface area (Å²) < 4.78 is 0. The number of carbonyl (C=O) groups excluding carboxylic acids is 1. The number of aliphatic hydroxyl groups is 1. The number of allylic oxidation sites excluding steroid dienone is 2. The topological polar surface area (TPSA) is 62.0 Å². The van der Waals surface area contributed by atoms with Gasteiger partial charge < -0.3 is 5.11 Å². The van der Waals surface area contributed by atoms with Crippen molar-refractivity contribution in [3.05, 3.63) is 41.8 Å². The number of hydrogen-bond acceptors (Lipinski definition) is 4. The number of aliphatic hydroxyl groups excluding tert-OH is 1. The maximum atomic E-state index is 11.0. The standard InChI is InChI=1S/C11H12N2O2/c1-8(14)11(9(2)15)13-12-10-6-4-3-5-7-10/h3-7,14H,1-2H3/b11-8+,13-12?. The Hall–Kier alpha value is -1.97. The third kappa shape index (κ3) is 3.34. The second kappa shape index (κ2) is 5.05. The van der Waals surface area contributed by atoms with Crippen molar-refractivity contribution in [1.82, 2.24) is 0 Å². The summed E-state index contributed by atoms with van der Waals surface area (Å²) in [6, 6.07) is 9.01. The Morgan fingerprint density at radius 1 is 1.20 bits per heavy atom. The smallest absolute Gasteiger partial charge is 0.183 e. The first kappa shape index (κ1) is 11.1. The predicted molar refractivity (Wildman–Crippen MR) is 57.0 cm³/mol. The van der Waals surface area contributed by atoms with Gasteiger partial charge in [0.1, 0.15) is 5.76 Å². The number of nitrogens with zero attached hydrogens (tertiary/aromatic N) is 2. The molecule has 0 amide bonds. The van der Waals surface area contributed by atoms with Crippen LogP contribution >= 0.6 is 0 Å². The lowest BCUT2D eigenvalue weighted by atomic mass is 10.3. The Morgan fingerprint density at radius 2 is 1.80 bits per heavy atom. The third-order valence-electron chi connectivity index (χ3n) is 1.70. The van der Waals surface area contributed by atoms with Gasteiger partial charge in [-0.2, -0.15) is 5.11 Å². The summed E-state index contributed by atoms with van der Waals surface area (Å²) in [7, 11) is 0. The molecule has 0 heterocycles. The van der Waals surface area contributed by atoms with Gasteiger partial charge in [0.15, 0.2) is 11.5 Å². The van der Waals surface area contributed by atoms with Crippen molar-refractivity contribution in [2.24, 2.45) is 10.2 Å². The summed E-state index contributed by atoms with van der Waals surface area (Å²) >= 11 is 0. The van der Waals surface area contributed by atoms with Crippen molar-refractivity contribution in [2.45, 2.75) is 13.8 Å². The normalized spacial score (nSPS) is 12.7. The number of azo groups is 1. The Labute approximate surface area is 88.0 Å². The lowest BCUT2D eigenvalue weighted by Crippen LogP contribution is -1.96. The van der Waals surface area contributed by atoms with Crippen LogP contribution in [-0.4, -0.2) is 10.9 Å². The second-order valence-electron chi connectivity index (χ2n) is 3.03. The molecule has 4 heteroatoms. The lowest BCUT2D eigenvalue weighted by Gasteiger charge is -1.96. The van der Waals surface area contributed by atoms with Gasteiger partial charge in [0.25, 0.3) is 0 Å². The molecule has 0 aromatic heterocycles. The Bertz CT molecular complexity index is 404. The average molecular weight is 204 g/mol. The molecule has 0 bridgehead atoms. The minimum Gasteiger partial charge on any atom is -0.510 e. The van der Waals surface area contributed by atoms with E-state index in [1.54, 1.807) is 12.1 Å². The van der Waals surface area contributed by atoms with Crippen LogP contribution in [0.5, 0.6) is 0 Å². The number of benzene rings is 1. The fourth-order valence-electron chi connectivity index (χ4n) is 1.000. The van der Waals surface area contributed by atoms with Gasteiger partial charge in [-0.1, -0.05) is 18.2 Å². The van der Waals surface area contributed by atoms with Gasteiger partial charge in [0.05, 0.1) is 5.69 Å². The molecule has 4 nitrogen and oxygen atoms in total. The van der Waals surface area contributed by atoms with Crippen LogP contribution in [0.1, 0.15) is 13.8 Å². The zero-order valence-corrected chi connectivity index (χ0v) is 8.64. The Balaban J connectivity index is 2.90. The van der Waals surface area contributed by atoms with Crippen molar-refractivity contribution in [3.63, 3.8) is 0 Å². The van der Waals surface area contributed by atoms with Gasteiger partial charge in [0, 0.05) is 6.92 Å². The van der Waals surface area contributed by atoms with Crippen molar-refractivity contribution >= 4 is 11.5 Å². The van der Waals surface area contributed by atoms with Crippen LogP contribution in [0.25, 0.3) is 0 Å². The summed E-state index contributed by atoms with van der Waals surface area (Å²) in [6.07, 6.45) is 0. The van der Waals surface area contributed by atoms with Gasteiger partial charge in [-0.15, -0.1) is 5.11 Å². The highest BCUT2D eigenvalue weighted by atomic mass is 16.3. The van der Waals surface area contributed by atoms with E-state index in [-0.39, 0.29) is 17.2 Å². The molecule has 0 radical (unpaired) electrons. The van der Waals surface area contributed by atoms with Crippen LogP contribution < -0.4 is 0 Å². The van der Waals surface area contributed by atoms with Crippen LogP contribution in [0.3, 0.4) is 0 Å². The fourth-order valence-corrected chi connectivity index (χ4v) is 1.000. The number of carbonyl (C=O) groups is 1. The third-order valence-corrected chi connectivity index (χ3v) is 1.70. The molecule has 1 aromatic carbocycles. The second-order valence-corrected chi connectivity index (χ2v) is 3.03. The minimum absolute atomic E-state index is 0.0150. The summed E-state index contributed by atoms with van der Waals surface area (Å²) in [5, 5.41) is 16.7. The van der Waals surface area contributed by atoms with E-state index in [9.17, 15) is 4.79 Å². The molecule has 0 aliphatic heterocycles. The van der Waals surface area contributed by atoms with E-state index in [2.05, 4.69) is 10.2 Å². The van der Waals surface area contributed by atoms with E-state index in [4.69, 9.17) is 5.11 Å². The molecular weight excluding hydrogens is 192 g/mol. The fraction of sp³-hybridized carbons (Fsp3) is 0.182. The van der Waals surface area contributed by atoms with Crippen LogP contribution in [0, 0.1) is 0 Å². The van der Waals surface area contributed by atoms with E-state index in [1.165, 1.54) is 13.8 Å². The SMILES string of the molecule is CC(=O)/C(N=Nc1ccccc1)=C(/C)O. The van der Waals surface area contributed by atoms with Crippen molar-refractivity contribution in [3.8, 4) is 0 Å². The molecular formula is C11H12N2O2. The van der Waals surface area contributed by atoms with Gasteiger partial charge in [-0.25, -0.2) is 0 Å². The molecule has 0 unspecified atom stereocenters. The number of hydrogen-bond donors (Lipinski definition) is 1. The average Bonchev–Trinajstić information content (AvgIpc) is 2.18. The maximum Gasteiger partial charge on any atom is 0.183 e. The zero-order chi connectivity index (χ0) is 11.3. The monoisotopic (exact) mass is 204 g/mol. The quantitative estimate of drug-likeness (QED) is 0.467. The zero-order valence-electron chi connectivity index (χ0n) is 8.64. The molecule has 0 atom stereocenters. The van der Waals surface area contributed by atoms with Gasteiger partial charge in [-0.3, -0.25) is 4.79 Å².